The van der Waals surface area contributed by atoms with Crippen LogP contribution in [0.5, 0.6) is 11.5 Å². The highest BCUT2D eigenvalue weighted by molar-refractivity contribution is 5.43. The first kappa shape index (κ1) is 17.6. The van der Waals surface area contributed by atoms with E-state index in [1.165, 1.54) is 13.0 Å². The van der Waals surface area contributed by atoms with Gasteiger partial charge in [-0.2, -0.15) is 8.78 Å². The van der Waals surface area contributed by atoms with Crippen molar-refractivity contribution >= 4 is 0 Å². The molecule has 0 aromatic heterocycles. The third kappa shape index (κ3) is 6.24. The van der Waals surface area contributed by atoms with Crippen molar-refractivity contribution in [3.05, 3.63) is 23.8 Å². The molecule has 1 atom stereocenters. The second-order valence-electron chi connectivity index (χ2n) is 4.85. The standard InChI is InChI=1S/C14H21F2NO4/c1-3-20-12-6-10(4-5-11(12)21-13(15)16)7-17-8-14(2,19)9-18/h4-6,13,17-19H,3,7-9H2,1-2H3. The lowest BCUT2D eigenvalue weighted by atomic mass is 10.1. The molecule has 7 heteroatoms. The lowest BCUT2D eigenvalue weighted by Gasteiger charge is -2.21. The largest absolute Gasteiger partial charge is 0.490 e. The number of halogens is 2. The van der Waals surface area contributed by atoms with Crippen LogP contribution < -0.4 is 14.8 Å². The molecule has 1 aromatic rings. The van der Waals surface area contributed by atoms with E-state index in [1.54, 1.807) is 19.1 Å². The Morgan fingerprint density at radius 1 is 1.33 bits per heavy atom. The molecule has 21 heavy (non-hydrogen) atoms. The molecule has 3 N–H and O–H groups in total. The minimum Gasteiger partial charge on any atom is -0.490 e. The van der Waals surface area contributed by atoms with E-state index in [0.29, 0.717) is 13.2 Å². The summed E-state index contributed by atoms with van der Waals surface area (Å²) in [5, 5.41) is 21.5. The van der Waals surface area contributed by atoms with Crippen LogP contribution in [-0.4, -0.2) is 42.2 Å². The van der Waals surface area contributed by atoms with Gasteiger partial charge in [0.05, 0.1) is 18.8 Å². The Balaban J connectivity index is 2.69. The molecule has 0 aliphatic rings. The van der Waals surface area contributed by atoms with Crippen molar-refractivity contribution in [1.82, 2.24) is 5.32 Å². The monoisotopic (exact) mass is 305 g/mol. The molecule has 0 spiro atoms. The third-order valence-electron chi connectivity index (χ3n) is 2.70. The highest BCUT2D eigenvalue weighted by atomic mass is 19.3. The number of ether oxygens (including phenoxy) is 2. The number of alkyl halides is 2. The number of nitrogens with one attached hydrogen (secondary N) is 1. The maximum Gasteiger partial charge on any atom is 0.387 e. The average molecular weight is 305 g/mol. The summed E-state index contributed by atoms with van der Waals surface area (Å²) in [5.41, 5.74) is -0.421. The fourth-order valence-electron chi connectivity index (χ4n) is 1.66. The second kappa shape index (κ2) is 8.11. The van der Waals surface area contributed by atoms with Crippen LogP contribution in [0.1, 0.15) is 19.4 Å². The molecule has 0 aliphatic heterocycles. The molecule has 0 saturated heterocycles. The Labute approximate surface area is 122 Å². The molecule has 0 bridgehead atoms. The first-order chi connectivity index (χ1) is 9.88. The normalized spacial score (nSPS) is 14.0. The topological polar surface area (TPSA) is 71.0 Å². The molecule has 1 rings (SSSR count). The minimum atomic E-state index is -2.91. The van der Waals surface area contributed by atoms with Crippen LogP contribution in [0.25, 0.3) is 0 Å². The highest BCUT2D eigenvalue weighted by Gasteiger charge is 2.18. The Morgan fingerprint density at radius 2 is 2.05 bits per heavy atom. The van der Waals surface area contributed by atoms with E-state index in [0.717, 1.165) is 5.56 Å². The van der Waals surface area contributed by atoms with E-state index in [1.807, 2.05) is 0 Å². The molecule has 0 saturated carbocycles. The van der Waals surface area contributed by atoms with Gasteiger partial charge in [0, 0.05) is 13.1 Å². The zero-order valence-electron chi connectivity index (χ0n) is 12.1. The molecule has 5 nitrogen and oxygen atoms in total. The van der Waals surface area contributed by atoms with Crippen molar-refractivity contribution in [2.75, 3.05) is 19.8 Å². The quantitative estimate of drug-likeness (QED) is 0.645. The number of aliphatic hydroxyl groups excluding tert-OH is 1. The van der Waals surface area contributed by atoms with Crippen LogP contribution in [0, 0.1) is 0 Å². The Bertz CT molecular complexity index is 441. The highest BCUT2D eigenvalue weighted by Crippen LogP contribution is 2.29. The van der Waals surface area contributed by atoms with Crippen LogP contribution in [0.2, 0.25) is 0 Å². The van der Waals surface area contributed by atoms with E-state index in [-0.39, 0.29) is 24.7 Å². The number of benzene rings is 1. The fourth-order valence-corrected chi connectivity index (χ4v) is 1.66. The van der Waals surface area contributed by atoms with Gasteiger partial charge in [0.15, 0.2) is 11.5 Å². The van der Waals surface area contributed by atoms with Crippen molar-refractivity contribution in [2.24, 2.45) is 0 Å². The Morgan fingerprint density at radius 3 is 2.62 bits per heavy atom. The summed E-state index contributed by atoms with van der Waals surface area (Å²) < 4.78 is 34.2. The molecule has 120 valence electrons. The third-order valence-corrected chi connectivity index (χ3v) is 2.70. The predicted octanol–water partition coefficient (Wildman–Crippen LogP) is 1.52. The zero-order valence-corrected chi connectivity index (χ0v) is 12.1. The van der Waals surface area contributed by atoms with Gasteiger partial charge in [-0.15, -0.1) is 0 Å². The lowest BCUT2D eigenvalue weighted by molar-refractivity contribution is -0.0514. The van der Waals surface area contributed by atoms with E-state index < -0.39 is 12.2 Å². The number of hydrogen-bond acceptors (Lipinski definition) is 5. The second-order valence-corrected chi connectivity index (χ2v) is 4.85. The summed E-state index contributed by atoms with van der Waals surface area (Å²) in [5.74, 6) is 0.226. The lowest BCUT2D eigenvalue weighted by Crippen LogP contribution is -2.40. The van der Waals surface area contributed by atoms with E-state index in [4.69, 9.17) is 9.84 Å². The minimum absolute atomic E-state index is 0.0158. The van der Waals surface area contributed by atoms with Crippen LogP contribution in [-0.2, 0) is 6.54 Å². The molecule has 0 heterocycles. The van der Waals surface area contributed by atoms with Crippen molar-refractivity contribution < 1.29 is 28.5 Å². The first-order valence-corrected chi connectivity index (χ1v) is 6.62. The summed E-state index contributed by atoms with van der Waals surface area (Å²) in [6.45, 7) is 0.906. The molecule has 0 amide bonds. The molecular weight excluding hydrogens is 284 g/mol. The van der Waals surface area contributed by atoms with Crippen molar-refractivity contribution in [3.63, 3.8) is 0 Å². The summed E-state index contributed by atoms with van der Waals surface area (Å²) in [7, 11) is 0. The summed E-state index contributed by atoms with van der Waals surface area (Å²) in [6.07, 6.45) is 0. The van der Waals surface area contributed by atoms with Gasteiger partial charge in [-0.1, -0.05) is 6.07 Å². The number of aliphatic hydroxyl groups is 2. The predicted molar refractivity (Wildman–Crippen MR) is 73.7 cm³/mol. The van der Waals surface area contributed by atoms with Crippen LogP contribution in [0.4, 0.5) is 8.78 Å². The Hall–Kier alpha value is -1.44. The molecule has 0 aliphatic carbocycles. The molecule has 1 unspecified atom stereocenters. The van der Waals surface area contributed by atoms with Crippen molar-refractivity contribution in [2.45, 2.75) is 32.6 Å². The number of hydrogen-bond donors (Lipinski definition) is 3. The van der Waals surface area contributed by atoms with Crippen LogP contribution >= 0.6 is 0 Å². The fraction of sp³-hybridized carbons (Fsp3) is 0.571. The zero-order chi connectivity index (χ0) is 15.9. The maximum atomic E-state index is 12.3. The Kier molecular flexibility index (Phi) is 6.80. The van der Waals surface area contributed by atoms with Gasteiger partial charge >= 0.3 is 6.61 Å². The summed E-state index contributed by atoms with van der Waals surface area (Å²) >= 11 is 0. The SMILES string of the molecule is CCOc1cc(CNCC(C)(O)CO)ccc1OC(F)F. The van der Waals surface area contributed by atoms with Gasteiger partial charge in [-0.3, -0.25) is 0 Å². The van der Waals surface area contributed by atoms with Gasteiger partial charge in [-0.25, -0.2) is 0 Å². The molecule has 0 radical (unpaired) electrons. The smallest absolute Gasteiger partial charge is 0.387 e. The van der Waals surface area contributed by atoms with Crippen LogP contribution in [0.3, 0.4) is 0 Å². The molecular formula is C14H21F2NO4. The number of rotatable bonds is 9. The van der Waals surface area contributed by atoms with Gasteiger partial charge in [0.1, 0.15) is 0 Å². The van der Waals surface area contributed by atoms with Gasteiger partial charge in [-0.05, 0) is 31.5 Å². The van der Waals surface area contributed by atoms with E-state index in [9.17, 15) is 13.9 Å². The van der Waals surface area contributed by atoms with Crippen molar-refractivity contribution in [3.8, 4) is 11.5 Å². The van der Waals surface area contributed by atoms with E-state index >= 15 is 0 Å². The average Bonchev–Trinajstić information content (AvgIpc) is 2.41. The first-order valence-electron chi connectivity index (χ1n) is 6.62. The molecule has 0 fully saturated rings. The molecule has 1 aromatic carbocycles. The van der Waals surface area contributed by atoms with Crippen LogP contribution in [0.15, 0.2) is 18.2 Å². The maximum absolute atomic E-state index is 12.3. The van der Waals surface area contributed by atoms with Gasteiger partial charge < -0.3 is 25.0 Å². The summed E-state index contributed by atoms with van der Waals surface area (Å²) in [4.78, 5) is 0. The summed E-state index contributed by atoms with van der Waals surface area (Å²) in [6, 6.07) is 4.64. The van der Waals surface area contributed by atoms with E-state index in [2.05, 4.69) is 10.1 Å². The van der Waals surface area contributed by atoms with Crippen molar-refractivity contribution in [1.29, 1.82) is 0 Å². The van der Waals surface area contributed by atoms with Gasteiger partial charge in [0.2, 0.25) is 0 Å². The van der Waals surface area contributed by atoms with Gasteiger partial charge in [0.25, 0.3) is 0 Å².